The van der Waals surface area contributed by atoms with Crippen LogP contribution in [0.5, 0.6) is 0 Å². The maximum Gasteiger partial charge on any atom is 0.0562 e. The number of hydrogen-bond donors (Lipinski definition) is 2. The smallest absolute Gasteiger partial charge is 0.0562 e. The van der Waals surface area contributed by atoms with Crippen molar-refractivity contribution in [3.8, 4) is 0 Å². The molecule has 2 atom stereocenters. The van der Waals surface area contributed by atoms with Gasteiger partial charge < -0.3 is 16.0 Å². The normalized spacial score (nSPS) is 25.1. The first-order valence-corrected chi connectivity index (χ1v) is 8.43. The molecule has 0 saturated heterocycles. The summed E-state index contributed by atoms with van der Waals surface area (Å²) in [6.07, 6.45) is 2.35. The van der Waals surface area contributed by atoms with Gasteiger partial charge in [0.15, 0.2) is 0 Å². The average Bonchev–Trinajstić information content (AvgIpc) is 2.54. The molecule has 118 valence electrons. The van der Waals surface area contributed by atoms with Crippen molar-refractivity contribution >= 4 is 0 Å². The van der Waals surface area contributed by atoms with Crippen molar-refractivity contribution in [2.24, 2.45) is 5.73 Å². The Morgan fingerprint density at radius 1 is 1.29 bits per heavy atom. The van der Waals surface area contributed by atoms with Gasteiger partial charge in [0.2, 0.25) is 0 Å². The molecule has 0 fully saturated rings. The lowest BCUT2D eigenvalue weighted by atomic mass is 9.72. The summed E-state index contributed by atoms with van der Waals surface area (Å²) in [5.74, 6) is 0.644. The Hall–Kier alpha value is -0.900. The second-order valence-electron chi connectivity index (χ2n) is 6.27. The van der Waals surface area contributed by atoms with Crippen molar-refractivity contribution in [3.63, 3.8) is 0 Å². The van der Waals surface area contributed by atoms with Gasteiger partial charge in [0.25, 0.3) is 0 Å². The topological polar surface area (TPSA) is 41.3 Å². The maximum absolute atomic E-state index is 6.20. The second-order valence-corrected chi connectivity index (χ2v) is 6.27. The zero-order valence-electron chi connectivity index (χ0n) is 13.9. The molecule has 0 heterocycles. The van der Waals surface area contributed by atoms with Gasteiger partial charge in [-0.2, -0.15) is 0 Å². The maximum atomic E-state index is 6.20. The van der Waals surface area contributed by atoms with E-state index < -0.39 is 0 Å². The first-order valence-electron chi connectivity index (χ1n) is 8.43. The highest BCUT2D eigenvalue weighted by atomic mass is 15.1. The fraction of sp³-hybridized carbons (Fsp3) is 0.667. The highest BCUT2D eigenvalue weighted by Crippen LogP contribution is 2.40. The van der Waals surface area contributed by atoms with Gasteiger partial charge in [0.1, 0.15) is 0 Å². The summed E-state index contributed by atoms with van der Waals surface area (Å²) in [6.45, 7) is 11.8. The van der Waals surface area contributed by atoms with Crippen molar-refractivity contribution in [1.29, 1.82) is 0 Å². The zero-order valence-corrected chi connectivity index (χ0v) is 13.9. The van der Waals surface area contributed by atoms with Gasteiger partial charge in [-0.25, -0.2) is 0 Å². The molecule has 0 bridgehead atoms. The lowest BCUT2D eigenvalue weighted by molar-refractivity contribution is 0.244. The Bertz CT molecular complexity index is 442. The Kier molecular flexibility index (Phi) is 5.80. The number of fused-ring (bicyclic) bond motifs is 1. The van der Waals surface area contributed by atoms with Crippen LogP contribution in [-0.4, -0.2) is 37.6 Å². The van der Waals surface area contributed by atoms with E-state index in [9.17, 15) is 0 Å². The second kappa shape index (κ2) is 7.39. The van der Waals surface area contributed by atoms with E-state index >= 15 is 0 Å². The standard InChI is InChI=1S/C18H31N3/c1-4-21(5-2)13-12-20-18(14-19)11-10-15(3)16-8-6-7-9-17(16)18/h6-9,15,20H,4-5,10-14,19H2,1-3H3. The summed E-state index contributed by atoms with van der Waals surface area (Å²) in [7, 11) is 0. The van der Waals surface area contributed by atoms with Crippen LogP contribution < -0.4 is 11.1 Å². The van der Waals surface area contributed by atoms with Crippen LogP contribution in [0.3, 0.4) is 0 Å². The third-order valence-corrected chi connectivity index (χ3v) is 5.15. The molecular weight excluding hydrogens is 258 g/mol. The van der Waals surface area contributed by atoms with Gasteiger partial charge in [-0.15, -0.1) is 0 Å². The Labute approximate surface area is 129 Å². The van der Waals surface area contributed by atoms with Gasteiger partial charge in [-0.3, -0.25) is 0 Å². The summed E-state index contributed by atoms with van der Waals surface area (Å²) < 4.78 is 0. The number of nitrogens with one attached hydrogen (secondary N) is 1. The number of rotatable bonds is 7. The Balaban J connectivity index is 2.13. The molecular formula is C18H31N3. The number of nitrogens with two attached hydrogens (primary N) is 1. The Morgan fingerprint density at radius 2 is 2.00 bits per heavy atom. The lowest BCUT2D eigenvalue weighted by Crippen LogP contribution is -2.52. The number of benzene rings is 1. The molecule has 1 aliphatic carbocycles. The van der Waals surface area contributed by atoms with Gasteiger partial charge in [-0.1, -0.05) is 45.0 Å². The predicted octanol–water partition coefficient (Wildman–Crippen LogP) is 2.67. The van der Waals surface area contributed by atoms with E-state index in [-0.39, 0.29) is 5.54 Å². The first-order chi connectivity index (χ1) is 10.2. The predicted molar refractivity (Wildman–Crippen MR) is 90.6 cm³/mol. The molecule has 3 N–H and O–H groups in total. The van der Waals surface area contributed by atoms with Crippen LogP contribution in [-0.2, 0) is 5.54 Å². The van der Waals surface area contributed by atoms with Gasteiger partial charge in [0.05, 0.1) is 5.54 Å². The van der Waals surface area contributed by atoms with E-state index in [2.05, 4.69) is 55.3 Å². The van der Waals surface area contributed by atoms with Crippen molar-refractivity contribution < 1.29 is 0 Å². The molecule has 0 aliphatic heterocycles. The van der Waals surface area contributed by atoms with Crippen LogP contribution in [0.1, 0.15) is 50.7 Å². The third-order valence-electron chi connectivity index (χ3n) is 5.15. The third kappa shape index (κ3) is 3.47. The molecule has 2 unspecified atom stereocenters. The van der Waals surface area contributed by atoms with E-state index in [0.717, 1.165) is 32.6 Å². The van der Waals surface area contributed by atoms with Crippen molar-refractivity contribution in [2.75, 3.05) is 32.7 Å². The summed E-state index contributed by atoms with van der Waals surface area (Å²) in [5, 5.41) is 3.79. The molecule has 1 aromatic rings. The summed E-state index contributed by atoms with van der Waals surface area (Å²) in [4.78, 5) is 2.45. The van der Waals surface area contributed by atoms with E-state index in [1.807, 2.05) is 0 Å². The van der Waals surface area contributed by atoms with E-state index in [1.165, 1.54) is 17.5 Å². The quantitative estimate of drug-likeness (QED) is 0.811. The van der Waals surface area contributed by atoms with Crippen molar-refractivity contribution in [2.45, 2.75) is 45.1 Å². The van der Waals surface area contributed by atoms with Crippen LogP contribution in [0.4, 0.5) is 0 Å². The number of nitrogens with zero attached hydrogens (tertiary/aromatic N) is 1. The molecule has 0 saturated carbocycles. The minimum atomic E-state index is -0.0315. The minimum absolute atomic E-state index is 0.0315. The van der Waals surface area contributed by atoms with Gasteiger partial charge in [0, 0.05) is 19.6 Å². The van der Waals surface area contributed by atoms with Crippen molar-refractivity contribution in [1.82, 2.24) is 10.2 Å². The van der Waals surface area contributed by atoms with Crippen LogP contribution in [0.2, 0.25) is 0 Å². The average molecular weight is 289 g/mol. The van der Waals surface area contributed by atoms with E-state index in [0.29, 0.717) is 12.5 Å². The Morgan fingerprint density at radius 3 is 2.67 bits per heavy atom. The monoisotopic (exact) mass is 289 g/mol. The molecule has 21 heavy (non-hydrogen) atoms. The summed E-state index contributed by atoms with van der Waals surface area (Å²) in [5.41, 5.74) is 9.07. The van der Waals surface area contributed by atoms with Crippen molar-refractivity contribution in [3.05, 3.63) is 35.4 Å². The molecule has 0 aromatic heterocycles. The van der Waals surface area contributed by atoms with Crippen LogP contribution in [0.25, 0.3) is 0 Å². The molecule has 0 spiro atoms. The fourth-order valence-corrected chi connectivity index (χ4v) is 3.58. The van der Waals surface area contributed by atoms with Crippen LogP contribution in [0.15, 0.2) is 24.3 Å². The molecule has 1 aliphatic rings. The molecule has 1 aromatic carbocycles. The summed E-state index contributed by atoms with van der Waals surface area (Å²) >= 11 is 0. The first kappa shape index (κ1) is 16.5. The minimum Gasteiger partial charge on any atom is -0.328 e. The molecule has 2 rings (SSSR count). The molecule has 0 radical (unpaired) electrons. The lowest BCUT2D eigenvalue weighted by Gasteiger charge is -2.42. The SMILES string of the molecule is CCN(CC)CCNC1(CN)CCC(C)c2ccccc21. The molecule has 3 heteroatoms. The van der Waals surface area contributed by atoms with Crippen LogP contribution in [0, 0.1) is 0 Å². The zero-order chi connectivity index (χ0) is 15.3. The van der Waals surface area contributed by atoms with E-state index in [4.69, 9.17) is 5.73 Å². The highest BCUT2D eigenvalue weighted by molar-refractivity contribution is 5.39. The largest absolute Gasteiger partial charge is 0.328 e. The fourth-order valence-electron chi connectivity index (χ4n) is 3.58. The van der Waals surface area contributed by atoms with Gasteiger partial charge >= 0.3 is 0 Å². The number of likely N-dealkylation sites (N-methyl/N-ethyl adjacent to an activating group) is 1. The number of hydrogen-bond acceptors (Lipinski definition) is 3. The van der Waals surface area contributed by atoms with Crippen LogP contribution >= 0.6 is 0 Å². The highest BCUT2D eigenvalue weighted by Gasteiger charge is 2.36. The molecule has 3 nitrogen and oxygen atoms in total. The molecule has 0 amide bonds. The summed E-state index contributed by atoms with van der Waals surface area (Å²) in [6, 6.07) is 8.84. The van der Waals surface area contributed by atoms with Gasteiger partial charge in [-0.05, 0) is 43.0 Å². The van der Waals surface area contributed by atoms with E-state index in [1.54, 1.807) is 0 Å².